The molecule has 17 fully saturated rings. The molecule has 17 aliphatic rings. The van der Waals surface area contributed by atoms with Crippen LogP contribution in [0, 0.1) is 109 Å². The molecule has 1 N–H and O–H groups in total. The number of cyclic esters (lactones) is 2. The average molecular weight is 1810 g/mol. The summed E-state index contributed by atoms with van der Waals surface area (Å²) in [6, 6.07) is 0. The number of esters is 7. The van der Waals surface area contributed by atoms with Gasteiger partial charge >= 0.3 is 54.1 Å². The van der Waals surface area contributed by atoms with Crippen LogP contribution in [-0.4, -0.2) is 131 Å². The van der Waals surface area contributed by atoms with Gasteiger partial charge in [-0.3, -0.25) is 33.6 Å². The highest BCUT2D eigenvalue weighted by atomic mass is 16.8. The number of unbranched alkanes of at least 4 members (excludes halogenated alkanes) is 1. The summed E-state index contributed by atoms with van der Waals surface area (Å²) in [6.45, 7) is 46.9. The molecule has 0 amide bonds. The van der Waals surface area contributed by atoms with Gasteiger partial charge in [0.2, 0.25) is 0 Å². The lowest BCUT2D eigenvalue weighted by atomic mass is 9.47. The lowest BCUT2D eigenvalue weighted by molar-refractivity contribution is -0.231. The van der Waals surface area contributed by atoms with E-state index in [1.54, 1.807) is 0 Å². The van der Waals surface area contributed by atoms with Crippen molar-refractivity contribution in [1.29, 1.82) is 0 Å². The maximum Gasteiger partial charge on any atom is 0.508 e. The van der Waals surface area contributed by atoms with E-state index in [0.29, 0.717) is 85.0 Å². The number of ether oxygens (including phenoxy) is 11. The quantitative estimate of drug-likeness (QED) is 0.0505. The van der Waals surface area contributed by atoms with Gasteiger partial charge in [-0.1, -0.05) is 172 Å². The van der Waals surface area contributed by atoms with Crippen LogP contribution in [0.3, 0.4) is 0 Å². The first kappa shape index (κ1) is 128. The van der Waals surface area contributed by atoms with Crippen molar-refractivity contribution < 1.29 is 100 Å². The van der Waals surface area contributed by atoms with Crippen molar-refractivity contribution in [2.75, 3.05) is 19.8 Å². The second-order valence-electron chi connectivity index (χ2n) is 43.1. The van der Waals surface area contributed by atoms with E-state index in [2.05, 4.69) is 46.3 Å². The second kappa shape index (κ2) is 49.7. The van der Waals surface area contributed by atoms with Crippen LogP contribution in [0.15, 0.2) is 0 Å². The third kappa shape index (κ3) is 29.2. The normalized spacial score (nSPS) is 31.5. The third-order valence-corrected chi connectivity index (χ3v) is 31.3. The minimum Gasteiger partial charge on any atom is -0.465 e. The molecule has 752 valence electrons. The van der Waals surface area contributed by atoms with Gasteiger partial charge in [-0.25, -0.2) is 9.59 Å². The van der Waals surface area contributed by atoms with E-state index >= 15 is 0 Å². The van der Waals surface area contributed by atoms with E-state index in [9.17, 15) is 48.3 Å². The van der Waals surface area contributed by atoms with E-state index in [1.807, 2.05) is 118 Å². The molecule has 17 rings (SSSR count). The zero-order chi connectivity index (χ0) is 85.3. The fourth-order valence-corrected chi connectivity index (χ4v) is 22.3. The maximum atomic E-state index is 12.8. The van der Waals surface area contributed by atoms with E-state index in [4.69, 9.17) is 47.4 Å². The van der Waals surface area contributed by atoms with Gasteiger partial charge in [-0.2, -0.15) is 0 Å². The highest BCUT2D eigenvalue weighted by Crippen LogP contribution is 2.65. The molecule has 2 saturated heterocycles. The molecule has 0 spiro atoms. The summed E-state index contributed by atoms with van der Waals surface area (Å²) in [4.78, 5) is 108. The van der Waals surface area contributed by atoms with Crippen LogP contribution >= 0.6 is 0 Å². The number of aliphatic hydroxyl groups is 1. The fourth-order valence-electron chi connectivity index (χ4n) is 22.3. The number of hydrogen-bond acceptors (Lipinski definition) is 21. The van der Waals surface area contributed by atoms with Crippen LogP contribution in [0.5, 0.6) is 0 Å². The Morgan fingerprint density at radius 1 is 0.425 bits per heavy atom. The molecule has 0 aromatic rings. The van der Waals surface area contributed by atoms with Gasteiger partial charge in [0.15, 0.2) is 6.10 Å². The van der Waals surface area contributed by atoms with Gasteiger partial charge in [-0.15, -0.1) is 0 Å². The van der Waals surface area contributed by atoms with Gasteiger partial charge in [0.05, 0.1) is 50.6 Å². The maximum absolute atomic E-state index is 12.8. The zero-order valence-corrected chi connectivity index (χ0v) is 75.4. The van der Waals surface area contributed by atoms with Gasteiger partial charge in [0.25, 0.3) is 0 Å². The van der Waals surface area contributed by atoms with Crippen molar-refractivity contribution in [2.24, 2.45) is 109 Å². The Labute approximate surface area is 779 Å². The van der Waals surface area contributed by atoms with Crippen LogP contribution in [0.25, 0.3) is 0 Å². The van der Waals surface area contributed by atoms with Crippen molar-refractivity contribution in [3.63, 3.8) is 0 Å². The summed E-state index contributed by atoms with van der Waals surface area (Å²) < 4.78 is 61.0. The topological polar surface area (TPSA) is 275 Å². The molecular formula is C106H202O21. The summed E-state index contributed by atoms with van der Waals surface area (Å²) in [5.41, 5.74) is -4.87. The minimum absolute atomic E-state index is 0. The molecule has 15 saturated carbocycles. The Morgan fingerprint density at radius 2 is 0.803 bits per heavy atom. The zero-order valence-electron chi connectivity index (χ0n) is 75.4. The molecule has 15 aliphatic carbocycles. The number of fused-ring (bicyclic) bond motifs is 1. The van der Waals surface area contributed by atoms with Crippen molar-refractivity contribution >= 4 is 54.1 Å². The number of carbonyl (C=O) groups excluding carboxylic acids is 9. The van der Waals surface area contributed by atoms with Crippen LogP contribution in [0.4, 0.5) is 9.59 Å². The molecule has 2 heterocycles. The summed E-state index contributed by atoms with van der Waals surface area (Å²) >= 11 is 0. The van der Waals surface area contributed by atoms with Crippen LogP contribution in [0.2, 0.25) is 0 Å². The van der Waals surface area contributed by atoms with E-state index in [0.717, 1.165) is 140 Å². The second-order valence-corrected chi connectivity index (χ2v) is 43.1. The molecule has 14 bridgehead atoms. The Hall–Kier alpha value is -5.21. The van der Waals surface area contributed by atoms with Crippen LogP contribution in [-0.2, 0) is 85.7 Å². The highest BCUT2D eigenvalue weighted by molar-refractivity contribution is 5.80. The summed E-state index contributed by atoms with van der Waals surface area (Å²) in [6.07, 6.45) is 27.7. The molecule has 10 atom stereocenters. The largest absolute Gasteiger partial charge is 0.508 e. The van der Waals surface area contributed by atoms with E-state index < -0.39 is 51.5 Å². The Bertz CT molecular complexity index is 3350. The Balaban J connectivity index is -0.000000714. The summed E-state index contributed by atoms with van der Waals surface area (Å²) in [5, 5.41) is 10.6. The van der Waals surface area contributed by atoms with E-state index in [1.165, 1.54) is 51.4 Å². The predicted octanol–water partition coefficient (Wildman–Crippen LogP) is 27.9. The molecule has 0 radical (unpaired) electrons. The Morgan fingerprint density at radius 3 is 1.19 bits per heavy atom. The van der Waals surface area contributed by atoms with Gasteiger partial charge in [0.1, 0.15) is 53.4 Å². The van der Waals surface area contributed by atoms with Crippen molar-refractivity contribution in [3.05, 3.63) is 0 Å². The Kier molecular flexibility index (Phi) is 50.1. The van der Waals surface area contributed by atoms with Gasteiger partial charge in [-0.05, 0) is 322 Å². The first-order valence-corrected chi connectivity index (χ1v) is 45.4. The van der Waals surface area contributed by atoms with Gasteiger partial charge in [0, 0.05) is 24.7 Å². The third-order valence-electron chi connectivity index (χ3n) is 31.3. The number of carbonyl (C=O) groups is 9. The fraction of sp³-hybridized carbons (Fsp3) is 0.915. The molecule has 0 aromatic heterocycles. The summed E-state index contributed by atoms with van der Waals surface area (Å²) in [5.74, 6) is 5.93. The average Bonchev–Trinajstić information content (AvgIpc) is 1.65. The highest BCUT2D eigenvalue weighted by Gasteiger charge is 2.66. The summed E-state index contributed by atoms with van der Waals surface area (Å²) in [7, 11) is 0. The molecule has 21 nitrogen and oxygen atoms in total. The molecule has 2 aliphatic heterocycles. The lowest BCUT2D eigenvalue weighted by Gasteiger charge is -2.62. The molecule has 127 heavy (non-hydrogen) atoms. The number of hydrogen-bond donors (Lipinski definition) is 1. The lowest BCUT2D eigenvalue weighted by Crippen LogP contribution is -2.63. The van der Waals surface area contributed by atoms with Crippen molar-refractivity contribution in [1.82, 2.24) is 0 Å². The van der Waals surface area contributed by atoms with Crippen LogP contribution in [0.1, 0.15) is 447 Å². The molecule has 10 unspecified atom stereocenters. The first-order chi connectivity index (χ1) is 53.5. The van der Waals surface area contributed by atoms with Crippen LogP contribution < -0.4 is 0 Å². The standard InChI is InChI=1S/C21H30O8.C19H32O2.C16H26O3.C14H20O4.C14H26O2.C10H20O2.12CH4/c1-4-19(2,3)16(22)28-20-6-13-5-14(7-20)9-21(8-13,12-20)29-18(24)26-11-15-10-25-17(23)27-15;1-6-18(4,5)17(20)21-19(12(2)3)15-8-13-7-14(10-15)11-16(19)9-13;1-4-14(2,3)13(17)19-16-8-11-5-12(9-16)7-15(18,6-11)10-16;1-4-14(2,3)13(16)18-10-7-5-8-9(6-7)12(15)17-11(8)10;1-6-13(4,5)12(15)16-14(11(2)3)9-7-8-10-14;1-5-7-8-12-9(11)10(3,4)6-2;;;;;;;;;;;;/h13-15H,4-12H2,1-3H3;12-16H,6-11H2,1-5H3;11-12,18H,4-10H2,1-3H3;7-11H,4-6H2,1-3H3;11H,6-10H2,1-5H3;5-8H2,1-4H3;12*1H4. The molecular weight excluding hydrogens is 1610 g/mol. The monoisotopic (exact) mass is 1810 g/mol. The van der Waals surface area contributed by atoms with Crippen molar-refractivity contribution in [3.8, 4) is 0 Å². The molecule has 21 heteroatoms. The van der Waals surface area contributed by atoms with E-state index in [-0.39, 0.29) is 195 Å². The molecule has 0 aromatic carbocycles. The first-order valence-electron chi connectivity index (χ1n) is 45.4. The van der Waals surface area contributed by atoms with Gasteiger partial charge < -0.3 is 57.2 Å². The SMILES string of the molecule is C.C.C.C.C.C.C.C.C.C.C.C.CCC(C)(C)C(=O)OC1(C(C)C)C2CC3CC(C2)CC1C3.CCC(C)(C)C(=O)OC1(C(C)C)CCCC1.CCC(C)(C)C(=O)OC12CC3CC(CC(O)(C3)C1)C2.CCC(C)(C)C(=O)OC12CC3CC(CC(OC(=O)OCC4COC(=O)O4)(C3)C1)C2.CCC(C)(C)C(=O)OC1C2CC3C(=O)OC1C3C2.CCCCOC(=O)C(C)(C)CC. The number of rotatable bonds is 25. The smallest absolute Gasteiger partial charge is 0.465 e. The predicted molar refractivity (Wildman–Crippen MR) is 517 cm³/mol. The minimum atomic E-state index is -0.773. The van der Waals surface area contributed by atoms with Crippen molar-refractivity contribution in [2.45, 2.75) is 499 Å².